The molecule has 0 aliphatic carbocycles. The van der Waals surface area contributed by atoms with Crippen molar-refractivity contribution in [3.63, 3.8) is 0 Å². The number of nitrogens with zero attached hydrogens (tertiary/aromatic N) is 4. The average Bonchev–Trinajstić information content (AvgIpc) is 2.76. The summed E-state index contributed by atoms with van der Waals surface area (Å²) in [5.74, 6) is 0.725. The van der Waals surface area contributed by atoms with Crippen LogP contribution in [0.25, 0.3) is 0 Å². The fourth-order valence-corrected chi connectivity index (χ4v) is 1.78. The quantitative estimate of drug-likeness (QED) is 0.624. The van der Waals surface area contributed by atoms with E-state index in [1.54, 1.807) is 22.2 Å². The van der Waals surface area contributed by atoms with Crippen LogP contribution < -0.4 is 0 Å². The molecule has 14 heavy (non-hydrogen) atoms. The van der Waals surface area contributed by atoms with Crippen LogP contribution in [0.15, 0.2) is 27.8 Å². The van der Waals surface area contributed by atoms with Crippen LogP contribution in [0.5, 0.6) is 0 Å². The average molecular weight is 224 g/mol. The SMILES string of the molecule is Cc1nnc(S)n1N=Cc1cccs1. The predicted octanol–water partition coefficient (Wildman–Crippen LogP) is 1.82. The molecule has 0 N–H and O–H groups in total. The minimum Gasteiger partial charge on any atom is -0.192 e. The van der Waals surface area contributed by atoms with E-state index in [4.69, 9.17) is 0 Å². The Hall–Kier alpha value is -1.14. The molecule has 0 aliphatic rings. The predicted molar refractivity (Wildman–Crippen MR) is 59.3 cm³/mol. The second kappa shape index (κ2) is 3.93. The molecule has 0 amide bonds. The Kier molecular flexibility index (Phi) is 2.64. The normalized spacial score (nSPS) is 11.3. The van der Waals surface area contributed by atoms with E-state index in [0.29, 0.717) is 5.16 Å². The molecule has 0 bridgehead atoms. The standard InChI is InChI=1S/C8H8N4S2/c1-6-10-11-8(13)12(6)9-5-7-3-2-4-14-7/h2-5H,1H3,(H,11,13). The minimum absolute atomic E-state index is 0.496. The summed E-state index contributed by atoms with van der Waals surface area (Å²) < 4.78 is 1.59. The minimum atomic E-state index is 0.496. The number of rotatable bonds is 2. The Morgan fingerprint density at radius 1 is 1.57 bits per heavy atom. The van der Waals surface area contributed by atoms with Crippen molar-refractivity contribution in [3.8, 4) is 0 Å². The molecule has 0 unspecified atom stereocenters. The van der Waals surface area contributed by atoms with Crippen LogP contribution in [-0.4, -0.2) is 21.1 Å². The molecule has 4 nitrogen and oxygen atoms in total. The van der Waals surface area contributed by atoms with Crippen LogP contribution in [-0.2, 0) is 0 Å². The topological polar surface area (TPSA) is 43.1 Å². The number of aryl methyl sites for hydroxylation is 1. The summed E-state index contributed by atoms with van der Waals surface area (Å²) in [6.07, 6.45) is 1.76. The molecular weight excluding hydrogens is 216 g/mol. The molecular formula is C8H8N4S2. The van der Waals surface area contributed by atoms with Crippen molar-refractivity contribution in [2.24, 2.45) is 5.10 Å². The van der Waals surface area contributed by atoms with Gasteiger partial charge in [0.2, 0.25) is 5.16 Å². The summed E-state index contributed by atoms with van der Waals surface area (Å²) in [6.45, 7) is 1.83. The lowest BCUT2D eigenvalue weighted by molar-refractivity contribution is 0.747. The maximum atomic E-state index is 4.21. The van der Waals surface area contributed by atoms with Crippen molar-refractivity contribution in [1.82, 2.24) is 14.9 Å². The number of hydrogen-bond acceptors (Lipinski definition) is 5. The molecule has 0 aromatic carbocycles. The maximum Gasteiger partial charge on any atom is 0.208 e. The lowest BCUT2D eigenvalue weighted by Crippen LogP contribution is -1.93. The lowest BCUT2D eigenvalue weighted by Gasteiger charge is -1.94. The van der Waals surface area contributed by atoms with E-state index in [-0.39, 0.29) is 0 Å². The van der Waals surface area contributed by atoms with Gasteiger partial charge in [-0.3, -0.25) is 0 Å². The molecule has 72 valence electrons. The summed E-state index contributed by atoms with van der Waals surface area (Å²) in [5.41, 5.74) is 0. The summed E-state index contributed by atoms with van der Waals surface area (Å²) >= 11 is 5.76. The van der Waals surface area contributed by atoms with Crippen molar-refractivity contribution in [3.05, 3.63) is 28.2 Å². The van der Waals surface area contributed by atoms with E-state index in [1.807, 2.05) is 24.4 Å². The van der Waals surface area contributed by atoms with Crippen molar-refractivity contribution in [1.29, 1.82) is 0 Å². The van der Waals surface area contributed by atoms with Crippen LogP contribution >= 0.6 is 24.0 Å². The molecule has 0 fully saturated rings. The first-order valence-corrected chi connectivity index (χ1v) is 5.29. The number of thiol groups is 1. The Morgan fingerprint density at radius 2 is 2.43 bits per heavy atom. The van der Waals surface area contributed by atoms with Gasteiger partial charge in [0.05, 0.1) is 6.21 Å². The van der Waals surface area contributed by atoms with Gasteiger partial charge in [0, 0.05) is 4.88 Å². The maximum absolute atomic E-state index is 4.21. The fraction of sp³-hybridized carbons (Fsp3) is 0.125. The van der Waals surface area contributed by atoms with Gasteiger partial charge in [-0.25, -0.2) is 0 Å². The molecule has 0 spiro atoms. The van der Waals surface area contributed by atoms with Crippen molar-refractivity contribution < 1.29 is 0 Å². The van der Waals surface area contributed by atoms with Crippen LogP contribution in [0.4, 0.5) is 0 Å². The second-order valence-electron chi connectivity index (χ2n) is 2.62. The molecule has 2 aromatic heterocycles. The summed E-state index contributed by atoms with van der Waals surface area (Å²) in [4.78, 5) is 1.09. The fourth-order valence-electron chi connectivity index (χ4n) is 0.961. The van der Waals surface area contributed by atoms with E-state index >= 15 is 0 Å². The Morgan fingerprint density at radius 3 is 3.00 bits per heavy atom. The summed E-state index contributed by atoms with van der Waals surface area (Å²) in [5, 5.41) is 14.3. The van der Waals surface area contributed by atoms with Crippen LogP contribution in [0.1, 0.15) is 10.7 Å². The lowest BCUT2D eigenvalue weighted by atomic mass is 10.5. The second-order valence-corrected chi connectivity index (χ2v) is 4.00. The highest BCUT2D eigenvalue weighted by Gasteiger charge is 2.01. The first kappa shape index (κ1) is 9.42. The largest absolute Gasteiger partial charge is 0.208 e. The zero-order chi connectivity index (χ0) is 9.97. The Balaban J connectivity index is 2.26. The Labute approximate surface area is 90.7 Å². The molecule has 0 radical (unpaired) electrons. The zero-order valence-corrected chi connectivity index (χ0v) is 9.16. The van der Waals surface area contributed by atoms with Gasteiger partial charge in [-0.05, 0) is 18.4 Å². The van der Waals surface area contributed by atoms with Gasteiger partial charge in [-0.15, -0.1) is 34.2 Å². The molecule has 0 saturated heterocycles. The van der Waals surface area contributed by atoms with Gasteiger partial charge in [-0.1, -0.05) is 6.07 Å². The molecule has 2 rings (SSSR count). The van der Waals surface area contributed by atoms with Crippen molar-refractivity contribution >= 4 is 30.2 Å². The molecule has 0 aliphatic heterocycles. The monoisotopic (exact) mass is 224 g/mol. The molecule has 0 atom stereocenters. The van der Waals surface area contributed by atoms with E-state index in [1.165, 1.54) is 0 Å². The number of aromatic nitrogens is 3. The first-order chi connectivity index (χ1) is 6.77. The van der Waals surface area contributed by atoms with Crippen molar-refractivity contribution in [2.75, 3.05) is 0 Å². The third-order valence-electron chi connectivity index (χ3n) is 1.62. The third kappa shape index (κ3) is 1.85. The van der Waals surface area contributed by atoms with E-state index in [0.717, 1.165) is 10.7 Å². The first-order valence-electron chi connectivity index (χ1n) is 3.96. The molecule has 0 saturated carbocycles. The summed E-state index contributed by atoms with van der Waals surface area (Å²) in [7, 11) is 0. The summed E-state index contributed by atoms with van der Waals surface area (Å²) in [6, 6.07) is 3.97. The van der Waals surface area contributed by atoms with Gasteiger partial charge in [-0.2, -0.15) is 9.78 Å². The molecule has 2 aromatic rings. The highest BCUT2D eigenvalue weighted by Crippen LogP contribution is 2.07. The third-order valence-corrected chi connectivity index (χ3v) is 2.71. The van der Waals surface area contributed by atoms with Gasteiger partial charge >= 0.3 is 0 Å². The molecule has 2 heterocycles. The smallest absolute Gasteiger partial charge is 0.192 e. The number of hydrogen-bond donors (Lipinski definition) is 1. The van der Waals surface area contributed by atoms with E-state index in [9.17, 15) is 0 Å². The van der Waals surface area contributed by atoms with Gasteiger partial charge in [0.1, 0.15) is 0 Å². The van der Waals surface area contributed by atoms with E-state index < -0.39 is 0 Å². The van der Waals surface area contributed by atoms with E-state index in [2.05, 4.69) is 27.9 Å². The van der Waals surface area contributed by atoms with Gasteiger partial charge < -0.3 is 0 Å². The highest BCUT2D eigenvalue weighted by molar-refractivity contribution is 7.80. The zero-order valence-electron chi connectivity index (χ0n) is 7.45. The highest BCUT2D eigenvalue weighted by atomic mass is 32.1. The van der Waals surface area contributed by atoms with Crippen LogP contribution in [0, 0.1) is 6.92 Å². The van der Waals surface area contributed by atoms with Crippen molar-refractivity contribution in [2.45, 2.75) is 12.1 Å². The number of thiophene rings is 1. The van der Waals surface area contributed by atoms with Crippen LogP contribution in [0.3, 0.4) is 0 Å². The van der Waals surface area contributed by atoms with Crippen LogP contribution in [0.2, 0.25) is 0 Å². The molecule has 6 heteroatoms. The van der Waals surface area contributed by atoms with Gasteiger partial charge in [0.15, 0.2) is 5.82 Å². The Bertz CT molecular complexity index is 424. The van der Waals surface area contributed by atoms with Gasteiger partial charge in [0.25, 0.3) is 0 Å².